The molecule has 3 aliphatic heterocycles. The SMILES string of the molecule is CCCCCCOc1ccc2c(c1)CCN1C[C@H]3CCCN(S(=O)(=O)CC)[C@H]3C[C@H]21. The molecule has 0 bridgehead atoms. The van der Waals surface area contributed by atoms with Crippen molar-refractivity contribution in [1.29, 1.82) is 0 Å². The Morgan fingerprint density at radius 3 is 2.80 bits per heavy atom. The van der Waals surface area contributed by atoms with Crippen LogP contribution in [0.5, 0.6) is 5.75 Å². The van der Waals surface area contributed by atoms with Crippen LogP contribution in [0.3, 0.4) is 0 Å². The van der Waals surface area contributed by atoms with Gasteiger partial charge >= 0.3 is 0 Å². The maximum atomic E-state index is 12.7. The second-order valence-corrected chi connectivity index (χ2v) is 11.5. The molecule has 0 saturated carbocycles. The highest BCUT2D eigenvalue weighted by Gasteiger charge is 2.45. The van der Waals surface area contributed by atoms with Crippen LogP contribution in [0, 0.1) is 5.92 Å². The highest BCUT2D eigenvalue weighted by Crippen LogP contribution is 2.44. The summed E-state index contributed by atoms with van der Waals surface area (Å²) in [5.41, 5.74) is 2.78. The van der Waals surface area contributed by atoms with Gasteiger partial charge in [-0.3, -0.25) is 4.90 Å². The Morgan fingerprint density at radius 2 is 2.00 bits per heavy atom. The van der Waals surface area contributed by atoms with Gasteiger partial charge in [-0.25, -0.2) is 8.42 Å². The molecule has 5 nitrogen and oxygen atoms in total. The molecule has 0 unspecified atom stereocenters. The highest BCUT2D eigenvalue weighted by molar-refractivity contribution is 7.89. The van der Waals surface area contributed by atoms with Crippen LogP contribution >= 0.6 is 0 Å². The molecule has 2 fully saturated rings. The Bertz CT molecular complexity index is 826. The van der Waals surface area contributed by atoms with Crippen molar-refractivity contribution in [1.82, 2.24) is 9.21 Å². The number of hydrogen-bond acceptors (Lipinski definition) is 4. The molecule has 168 valence electrons. The molecule has 0 aliphatic carbocycles. The van der Waals surface area contributed by atoms with Crippen LogP contribution in [0.4, 0.5) is 0 Å². The molecule has 6 heteroatoms. The van der Waals surface area contributed by atoms with E-state index in [1.165, 1.54) is 30.4 Å². The Balaban J connectivity index is 1.48. The zero-order valence-electron chi connectivity index (χ0n) is 18.7. The fourth-order valence-corrected chi connectivity index (χ4v) is 7.12. The molecule has 3 atom stereocenters. The van der Waals surface area contributed by atoms with Crippen LogP contribution in [0.2, 0.25) is 0 Å². The first-order valence-electron chi connectivity index (χ1n) is 12.0. The van der Waals surface area contributed by atoms with E-state index in [0.717, 1.165) is 57.6 Å². The Labute approximate surface area is 182 Å². The van der Waals surface area contributed by atoms with Gasteiger partial charge in [0.25, 0.3) is 0 Å². The van der Waals surface area contributed by atoms with Crippen molar-refractivity contribution < 1.29 is 13.2 Å². The van der Waals surface area contributed by atoms with Crippen molar-refractivity contribution >= 4 is 10.0 Å². The van der Waals surface area contributed by atoms with Crippen LogP contribution in [-0.4, -0.2) is 55.7 Å². The molecule has 1 aromatic carbocycles. The molecule has 4 rings (SSSR count). The highest BCUT2D eigenvalue weighted by atomic mass is 32.2. The summed E-state index contributed by atoms with van der Waals surface area (Å²) in [4.78, 5) is 2.61. The Kier molecular flexibility index (Phi) is 7.05. The van der Waals surface area contributed by atoms with Crippen molar-refractivity contribution in [3.05, 3.63) is 29.3 Å². The molecular formula is C24H38N2O3S. The molecule has 1 aromatic rings. The quantitative estimate of drug-likeness (QED) is 0.570. The smallest absolute Gasteiger partial charge is 0.214 e. The van der Waals surface area contributed by atoms with Gasteiger partial charge in [-0.05, 0) is 68.2 Å². The number of benzene rings is 1. The first kappa shape index (κ1) is 22.1. The Hall–Kier alpha value is -1.11. The molecular weight excluding hydrogens is 396 g/mol. The van der Waals surface area contributed by atoms with Crippen molar-refractivity contribution in [2.24, 2.45) is 5.92 Å². The second kappa shape index (κ2) is 9.58. The average molecular weight is 435 g/mol. The van der Waals surface area contributed by atoms with E-state index in [4.69, 9.17) is 4.74 Å². The summed E-state index contributed by atoms with van der Waals surface area (Å²) in [5, 5.41) is 0. The summed E-state index contributed by atoms with van der Waals surface area (Å²) in [5.74, 6) is 1.67. The number of nitrogens with zero attached hydrogens (tertiary/aromatic N) is 2. The van der Waals surface area contributed by atoms with Gasteiger partial charge in [-0.15, -0.1) is 0 Å². The van der Waals surface area contributed by atoms with E-state index < -0.39 is 10.0 Å². The van der Waals surface area contributed by atoms with Crippen LogP contribution in [0.1, 0.15) is 76.0 Å². The first-order valence-corrected chi connectivity index (χ1v) is 13.6. The molecule has 0 spiro atoms. The predicted molar refractivity (Wildman–Crippen MR) is 121 cm³/mol. The van der Waals surface area contributed by atoms with Crippen molar-refractivity contribution in [3.63, 3.8) is 0 Å². The molecule has 3 heterocycles. The van der Waals surface area contributed by atoms with E-state index in [1.54, 1.807) is 6.92 Å². The van der Waals surface area contributed by atoms with Gasteiger partial charge < -0.3 is 4.74 Å². The number of unbranched alkanes of at least 4 members (excludes halogenated alkanes) is 3. The van der Waals surface area contributed by atoms with Crippen LogP contribution < -0.4 is 4.74 Å². The van der Waals surface area contributed by atoms with Gasteiger partial charge in [-0.1, -0.05) is 32.3 Å². The normalized spacial score (nSPS) is 27.2. The summed E-state index contributed by atoms with van der Waals surface area (Å²) in [6, 6.07) is 7.09. The van der Waals surface area contributed by atoms with Crippen LogP contribution in [-0.2, 0) is 16.4 Å². The molecule has 2 saturated heterocycles. The summed E-state index contributed by atoms with van der Waals surface area (Å²) >= 11 is 0. The summed E-state index contributed by atoms with van der Waals surface area (Å²) in [7, 11) is -3.14. The average Bonchev–Trinajstić information content (AvgIpc) is 2.77. The molecule has 0 amide bonds. The van der Waals surface area contributed by atoms with E-state index in [2.05, 4.69) is 30.0 Å². The zero-order valence-corrected chi connectivity index (χ0v) is 19.5. The topological polar surface area (TPSA) is 49.9 Å². The minimum atomic E-state index is -3.14. The third-order valence-electron chi connectivity index (χ3n) is 7.37. The maximum absolute atomic E-state index is 12.7. The number of sulfonamides is 1. The number of hydrogen-bond donors (Lipinski definition) is 0. The fraction of sp³-hybridized carbons (Fsp3) is 0.750. The molecule has 30 heavy (non-hydrogen) atoms. The standard InChI is InChI=1S/C24H38N2O3S/c1-3-5-6-7-15-29-21-10-11-22-19(16-21)12-14-25-18-20-9-8-13-26(30(27,28)4-2)23(20)17-24(22)25/h10-11,16,20,23-24H,3-9,12-15,17-18H2,1-2H3/t20-,23+,24-/m1/s1. The third-order valence-corrected chi connectivity index (χ3v) is 9.27. The Morgan fingerprint density at radius 1 is 1.13 bits per heavy atom. The zero-order chi connectivity index (χ0) is 21.1. The number of rotatable bonds is 8. The molecule has 0 N–H and O–H groups in total. The fourth-order valence-electron chi connectivity index (χ4n) is 5.71. The predicted octanol–water partition coefficient (Wildman–Crippen LogP) is 4.38. The lowest BCUT2D eigenvalue weighted by Gasteiger charge is -2.51. The van der Waals surface area contributed by atoms with Crippen LogP contribution in [0.25, 0.3) is 0 Å². The second-order valence-electron chi connectivity index (χ2n) is 9.25. The number of fused-ring (bicyclic) bond motifs is 4. The number of ether oxygens (including phenoxy) is 1. The van der Waals surface area contributed by atoms with Gasteiger partial charge in [-0.2, -0.15) is 4.31 Å². The van der Waals surface area contributed by atoms with Gasteiger partial charge in [0.15, 0.2) is 0 Å². The van der Waals surface area contributed by atoms with E-state index in [9.17, 15) is 8.42 Å². The van der Waals surface area contributed by atoms with Crippen molar-refractivity contribution in [2.45, 2.75) is 77.3 Å². The first-order chi connectivity index (χ1) is 14.5. The lowest BCUT2D eigenvalue weighted by Crippen LogP contribution is -2.57. The largest absolute Gasteiger partial charge is 0.494 e. The minimum Gasteiger partial charge on any atom is -0.494 e. The third kappa shape index (κ3) is 4.56. The van der Waals surface area contributed by atoms with Crippen LogP contribution in [0.15, 0.2) is 18.2 Å². The monoisotopic (exact) mass is 434 g/mol. The number of piperidine rings is 2. The van der Waals surface area contributed by atoms with E-state index in [1.807, 2.05) is 4.31 Å². The van der Waals surface area contributed by atoms with E-state index in [0.29, 0.717) is 18.5 Å². The molecule has 0 aromatic heterocycles. The van der Waals surface area contributed by atoms with E-state index >= 15 is 0 Å². The molecule has 3 aliphatic rings. The minimum absolute atomic E-state index is 0.158. The van der Waals surface area contributed by atoms with Crippen molar-refractivity contribution in [3.8, 4) is 5.75 Å². The van der Waals surface area contributed by atoms with E-state index in [-0.39, 0.29) is 11.8 Å². The van der Waals surface area contributed by atoms with Crippen molar-refractivity contribution in [2.75, 3.05) is 32.0 Å². The van der Waals surface area contributed by atoms with Gasteiger partial charge in [0.05, 0.1) is 12.4 Å². The molecule has 0 radical (unpaired) electrons. The maximum Gasteiger partial charge on any atom is 0.214 e. The van der Waals surface area contributed by atoms with Gasteiger partial charge in [0.1, 0.15) is 5.75 Å². The summed E-state index contributed by atoms with van der Waals surface area (Å²) < 4.78 is 33.3. The van der Waals surface area contributed by atoms with Gasteiger partial charge in [0.2, 0.25) is 10.0 Å². The van der Waals surface area contributed by atoms with Gasteiger partial charge in [0, 0.05) is 31.7 Å². The lowest BCUT2D eigenvalue weighted by molar-refractivity contribution is 0.0220. The summed E-state index contributed by atoms with van der Waals surface area (Å²) in [6.45, 7) is 7.59. The lowest BCUT2D eigenvalue weighted by atomic mass is 9.77. The summed E-state index contributed by atoms with van der Waals surface area (Å²) in [6.07, 6.45) is 9.01.